The van der Waals surface area contributed by atoms with Crippen LogP contribution in [-0.2, 0) is 20.0 Å². The summed E-state index contributed by atoms with van der Waals surface area (Å²) in [5, 5.41) is 15.1. The number of nitrogens with zero attached hydrogens (tertiary/aromatic N) is 10. The molecule has 6 aromatic heterocycles. The molecule has 16 nitrogen and oxygen atoms in total. The van der Waals surface area contributed by atoms with Crippen LogP contribution in [0, 0.1) is 11.8 Å². The molecule has 0 aromatic carbocycles. The maximum Gasteiger partial charge on any atom is 0.250 e. The van der Waals surface area contributed by atoms with E-state index in [2.05, 4.69) is 40.3 Å². The molecule has 6 aromatic rings. The molecule has 4 atom stereocenters. The molecule has 4 fully saturated rings. The first kappa shape index (κ1) is 37.3. The Hall–Kier alpha value is -4.28. The van der Waals surface area contributed by atoms with Crippen LogP contribution in [0.15, 0.2) is 36.9 Å². The molecule has 0 amide bonds. The van der Waals surface area contributed by atoms with Crippen molar-refractivity contribution in [3.8, 4) is 0 Å². The summed E-state index contributed by atoms with van der Waals surface area (Å²) in [7, 11) is -7.50. The zero-order chi connectivity index (χ0) is 39.4. The lowest BCUT2D eigenvalue weighted by atomic mass is 9.93. The monoisotopic (exact) mass is 820 g/mol. The molecule has 2 saturated carbocycles. The number of nitrogens with one attached hydrogen (secondary N) is 2. The van der Waals surface area contributed by atoms with E-state index in [1.807, 2.05) is 34.8 Å². The molecule has 300 valence electrons. The Bertz CT molecular complexity index is 2480. The summed E-state index contributed by atoms with van der Waals surface area (Å²) in [6, 6.07) is 3.76. The SMILES string of the molecule is CC[C@@H]1CN(S(=O)(=O)C2CC(F)(F)C2)C[C@@H]1c1nnc2cnc3[nH]ccc3n12.CC[C@H]1CN(S(=O)(=O)C2CC(F)(F)C2)C[C@H]1c1nnc2cnc3[nH]ccc3n12. The van der Waals surface area contributed by atoms with Crippen molar-refractivity contribution >= 4 is 53.7 Å². The van der Waals surface area contributed by atoms with Gasteiger partial charge < -0.3 is 9.97 Å². The van der Waals surface area contributed by atoms with E-state index in [1.54, 1.807) is 24.8 Å². The van der Waals surface area contributed by atoms with Gasteiger partial charge in [0.1, 0.15) is 11.6 Å². The number of aromatic amines is 2. The van der Waals surface area contributed by atoms with Gasteiger partial charge in [0.25, 0.3) is 11.8 Å². The number of aromatic nitrogens is 10. The van der Waals surface area contributed by atoms with Crippen LogP contribution in [0.4, 0.5) is 17.6 Å². The van der Waals surface area contributed by atoms with Crippen LogP contribution < -0.4 is 0 Å². The molecular formula is C34H40F4N12O4S2. The van der Waals surface area contributed by atoms with Crippen molar-refractivity contribution in [3.63, 3.8) is 0 Å². The normalized spacial score (nSPS) is 26.2. The first-order valence-electron chi connectivity index (χ1n) is 18.7. The largest absolute Gasteiger partial charge is 0.345 e. The standard InChI is InChI=1S/2C17H20F2N6O2S/c2*1-2-10-8-24(28(26,27)11-5-17(18,19)6-11)9-12(10)16-23-22-14-7-21-15-13(25(14)16)3-4-20-15/h2*3-4,7,10-12,20H,2,5-6,8-9H2,1H3/t2*10-,12+/m10/s1. The molecule has 2 aliphatic heterocycles. The molecule has 0 unspecified atom stereocenters. The Morgan fingerprint density at radius 3 is 1.39 bits per heavy atom. The zero-order valence-corrected chi connectivity index (χ0v) is 32.1. The van der Waals surface area contributed by atoms with Gasteiger partial charge in [-0.1, -0.05) is 26.7 Å². The number of hydrogen-bond donors (Lipinski definition) is 2. The Balaban J connectivity index is 0.000000146. The van der Waals surface area contributed by atoms with E-state index in [4.69, 9.17) is 0 Å². The summed E-state index contributed by atoms with van der Waals surface area (Å²) >= 11 is 0. The van der Waals surface area contributed by atoms with Crippen molar-refractivity contribution in [3.05, 3.63) is 48.6 Å². The molecule has 0 radical (unpaired) electrons. The number of rotatable bonds is 8. The first-order valence-corrected chi connectivity index (χ1v) is 21.7. The van der Waals surface area contributed by atoms with Crippen LogP contribution in [0.2, 0.25) is 0 Å². The fourth-order valence-electron chi connectivity index (χ4n) is 8.82. The van der Waals surface area contributed by atoms with Gasteiger partial charge in [0, 0.05) is 76.1 Å². The Morgan fingerprint density at radius 2 is 1.04 bits per heavy atom. The van der Waals surface area contributed by atoms with Gasteiger partial charge in [0.15, 0.2) is 22.6 Å². The minimum absolute atomic E-state index is 0.0462. The highest BCUT2D eigenvalue weighted by Crippen LogP contribution is 2.46. The maximum atomic E-state index is 13.2. The van der Waals surface area contributed by atoms with E-state index in [0.717, 1.165) is 23.9 Å². The molecule has 2 N–H and O–H groups in total. The number of hydrogen-bond acceptors (Lipinski definition) is 10. The highest BCUT2D eigenvalue weighted by molar-refractivity contribution is 7.90. The molecule has 2 saturated heterocycles. The van der Waals surface area contributed by atoms with Crippen molar-refractivity contribution in [1.82, 2.24) is 57.7 Å². The summed E-state index contributed by atoms with van der Waals surface area (Å²) in [6.07, 6.45) is 5.97. The summed E-state index contributed by atoms with van der Waals surface area (Å²) in [5.41, 5.74) is 4.23. The summed E-state index contributed by atoms with van der Waals surface area (Å²) in [5.74, 6) is -4.58. The average molecular weight is 821 g/mol. The second kappa shape index (κ2) is 13.1. The fourth-order valence-corrected chi connectivity index (χ4v) is 13.0. The first-order chi connectivity index (χ1) is 26.6. The summed E-state index contributed by atoms with van der Waals surface area (Å²) in [4.78, 5) is 14.7. The predicted molar refractivity (Wildman–Crippen MR) is 195 cm³/mol. The average Bonchev–Trinajstić information content (AvgIpc) is 3.98. The predicted octanol–water partition coefficient (Wildman–Crippen LogP) is 4.32. The van der Waals surface area contributed by atoms with Gasteiger partial charge in [0.2, 0.25) is 20.0 Å². The number of halogens is 4. The lowest BCUT2D eigenvalue weighted by Gasteiger charge is -2.36. The minimum Gasteiger partial charge on any atom is -0.345 e. The third-order valence-corrected chi connectivity index (χ3v) is 16.5. The van der Waals surface area contributed by atoms with Gasteiger partial charge in [0.05, 0.1) is 33.9 Å². The smallest absolute Gasteiger partial charge is 0.250 e. The topological polar surface area (TPSA) is 192 Å². The van der Waals surface area contributed by atoms with Gasteiger partial charge in [-0.3, -0.25) is 8.80 Å². The quantitative estimate of drug-likeness (QED) is 0.209. The highest BCUT2D eigenvalue weighted by Gasteiger charge is 2.56. The molecule has 8 heterocycles. The number of sulfonamides is 2. The van der Waals surface area contributed by atoms with E-state index >= 15 is 0 Å². The molecule has 22 heteroatoms. The third-order valence-electron chi connectivity index (χ3n) is 12.1. The van der Waals surface area contributed by atoms with Crippen LogP contribution in [0.3, 0.4) is 0 Å². The molecular weight excluding hydrogens is 781 g/mol. The van der Waals surface area contributed by atoms with E-state index in [9.17, 15) is 34.4 Å². The molecule has 56 heavy (non-hydrogen) atoms. The van der Waals surface area contributed by atoms with E-state index in [1.165, 1.54) is 8.61 Å². The van der Waals surface area contributed by atoms with Gasteiger partial charge >= 0.3 is 0 Å². The lowest BCUT2D eigenvalue weighted by molar-refractivity contribution is -0.0699. The number of H-pyrrole nitrogens is 2. The molecule has 2 aliphatic carbocycles. The Labute approximate surface area is 318 Å². The second-order valence-electron chi connectivity index (χ2n) is 15.5. The molecule has 0 bridgehead atoms. The fraction of sp³-hybridized carbons (Fsp3) is 0.588. The van der Waals surface area contributed by atoms with Crippen LogP contribution in [0.25, 0.3) is 33.6 Å². The number of fused-ring (bicyclic) bond motifs is 6. The van der Waals surface area contributed by atoms with Gasteiger partial charge in [-0.25, -0.2) is 53.0 Å². The van der Waals surface area contributed by atoms with Crippen molar-refractivity contribution in [2.75, 3.05) is 26.2 Å². The molecule has 0 spiro atoms. The van der Waals surface area contributed by atoms with Gasteiger partial charge in [-0.05, 0) is 24.0 Å². The van der Waals surface area contributed by atoms with E-state index in [0.29, 0.717) is 47.3 Å². The summed E-state index contributed by atoms with van der Waals surface area (Å²) < 4.78 is 111. The van der Waals surface area contributed by atoms with Crippen LogP contribution in [0.1, 0.15) is 75.9 Å². The van der Waals surface area contributed by atoms with Gasteiger partial charge in [-0.2, -0.15) is 0 Å². The van der Waals surface area contributed by atoms with Crippen LogP contribution in [-0.4, -0.2) is 123 Å². The molecule has 4 aliphatic rings. The van der Waals surface area contributed by atoms with E-state index in [-0.39, 0.29) is 36.8 Å². The molecule has 10 rings (SSSR count). The lowest BCUT2D eigenvalue weighted by Crippen LogP contribution is -2.49. The maximum absolute atomic E-state index is 13.2. The van der Waals surface area contributed by atoms with Crippen molar-refractivity contribution in [2.24, 2.45) is 11.8 Å². The zero-order valence-electron chi connectivity index (χ0n) is 30.4. The van der Waals surface area contributed by atoms with E-state index < -0.39 is 68.1 Å². The summed E-state index contributed by atoms with van der Waals surface area (Å²) in [6.45, 7) is 5.11. The minimum atomic E-state index is -3.75. The third kappa shape index (κ3) is 6.05. The number of alkyl halides is 4. The van der Waals surface area contributed by atoms with Crippen molar-refractivity contribution in [2.45, 2.75) is 86.6 Å². The van der Waals surface area contributed by atoms with Crippen LogP contribution >= 0.6 is 0 Å². The Morgan fingerprint density at radius 1 is 0.643 bits per heavy atom. The van der Waals surface area contributed by atoms with Crippen molar-refractivity contribution in [1.29, 1.82) is 0 Å². The Kier molecular flexibility index (Phi) is 8.75. The van der Waals surface area contributed by atoms with Gasteiger partial charge in [-0.15, -0.1) is 20.4 Å². The van der Waals surface area contributed by atoms with Crippen molar-refractivity contribution < 1.29 is 34.4 Å². The highest BCUT2D eigenvalue weighted by atomic mass is 32.2. The second-order valence-corrected chi connectivity index (χ2v) is 19.9. The van der Waals surface area contributed by atoms with Crippen LogP contribution in [0.5, 0.6) is 0 Å².